The minimum Gasteiger partial charge on any atom is -0.457 e. The fraction of sp³-hybridized carbons (Fsp3) is 0.0714. The molecule has 1 saturated heterocycles. The van der Waals surface area contributed by atoms with Crippen molar-refractivity contribution in [2.45, 2.75) is 13.8 Å². The number of anilines is 1. The predicted molar refractivity (Wildman–Crippen MR) is 147 cm³/mol. The first-order valence-electron chi connectivity index (χ1n) is 10.9. The van der Waals surface area contributed by atoms with Crippen molar-refractivity contribution < 1.29 is 9.21 Å². The average Bonchev–Trinajstić information content (AvgIpc) is 3.42. The summed E-state index contributed by atoms with van der Waals surface area (Å²) in [7, 11) is 0. The van der Waals surface area contributed by atoms with E-state index in [9.17, 15) is 4.79 Å². The molecule has 174 valence electrons. The summed E-state index contributed by atoms with van der Waals surface area (Å²) in [6, 6.07) is 24.7. The number of benzene rings is 3. The number of amidine groups is 1. The van der Waals surface area contributed by atoms with Crippen molar-refractivity contribution in [3.05, 3.63) is 111 Å². The highest BCUT2D eigenvalue weighted by atomic mass is 35.5. The number of nitrogens with zero attached hydrogens (tertiary/aromatic N) is 2. The first-order chi connectivity index (χ1) is 16.9. The molecular formula is C28H20Cl2N2O2S. The van der Waals surface area contributed by atoms with Gasteiger partial charge in [-0.2, -0.15) is 0 Å². The molecule has 1 aliphatic heterocycles. The summed E-state index contributed by atoms with van der Waals surface area (Å²) in [5, 5.41) is 1.46. The van der Waals surface area contributed by atoms with E-state index in [1.807, 2.05) is 80.6 Å². The van der Waals surface area contributed by atoms with E-state index in [0.29, 0.717) is 37.2 Å². The lowest BCUT2D eigenvalue weighted by atomic mass is 10.2. The summed E-state index contributed by atoms with van der Waals surface area (Å²) >= 11 is 13.8. The SMILES string of the molecule is Cc1ccc(N=C2S/C(=C/c3ccc(-c4cccc(Cl)c4Cl)o3)C(=O)N2c2ccc(C)cc2)cc1. The molecule has 0 spiro atoms. The Balaban J connectivity index is 1.52. The van der Waals surface area contributed by atoms with Crippen molar-refractivity contribution in [2.24, 2.45) is 4.99 Å². The molecule has 0 saturated carbocycles. The molecule has 7 heteroatoms. The van der Waals surface area contributed by atoms with E-state index < -0.39 is 0 Å². The number of thioether (sulfide) groups is 1. The van der Waals surface area contributed by atoms with Gasteiger partial charge < -0.3 is 4.42 Å². The Kier molecular flexibility index (Phi) is 6.56. The fourth-order valence-electron chi connectivity index (χ4n) is 3.60. The molecule has 0 aliphatic carbocycles. The summed E-state index contributed by atoms with van der Waals surface area (Å²) in [4.78, 5) is 20.4. The number of carbonyl (C=O) groups is 1. The number of amides is 1. The lowest BCUT2D eigenvalue weighted by molar-refractivity contribution is -0.113. The largest absolute Gasteiger partial charge is 0.457 e. The minimum atomic E-state index is -0.163. The van der Waals surface area contributed by atoms with Gasteiger partial charge in [-0.3, -0.25) is 9.69 Å². The van der Waals surface area contributed by atoms with Crippen LogP contribution in [0.5, 0.6) is 0 Å². The van der Waals surface area contributed by atoms with Gasteiger partial charge in [0.25, 0.3) is 5.91 Å². The van der Waals surface area contributed by atoms with E-state index in [2.05, 4.69) is 0 Å². The Labute approximate surface area is 217 Å². The van der Waals surface area contributed by atoms with Gasteiger partial charge in [-0.05, 0) is 74.1 Å². The summed E-state index contributed by atoms with van der Waals surface area (Å²) in [6.07, 6.45) is 1.73. The average molecular weight is 519 g/mol. The normalized spacial score (nSPS) is 16.0. The van der Waals surface area contributed by atoms with Crippen LogP contribution < -0.4 is 4.90 Å². The first-order valence-corrected chi connectivity index (χ1v) is 12.5. The van der Waals surface area contributed by atoms with Crippen molar-refractivity contribution in [3.63, 3.8) is 0 Å². The third kappa shape index (κ3) is 4.94. The number of hydrogen-bond acceptors (Lipinski definition) is 4. The van der Waals surface area contributed by atoms with Gasteiger partial charge in [0.2, 0.25) is 0 Å². The van der Waals surface area contributed by atoms with Crippen LogP contribution in [0.25, 0.3) is 17.4 Å². The second kappa shape index (κ2) is 9.78. The van der Waals surface area contributed by atoms with E-state index in [4.69, 9.17) is 32.6 Å². The van der Waals surface area contributed by atoms with Crippen LogP contribution in [0.1, 0.15) is 16.9 Å². The summed E-state index contributed by atoms with van der Waals surface area (Å²) in [5.74, 6) is 0.944. The van der Waals surface area contributed by atoms with Crippen molar-refractivity contribution in [2.75, 3.05) is 4.90 Å². The third-order valence-electron chi connectivity index (χ3n) is 5.47. The van der Waals surface area contributed by atoms with Crippen LogP contribution in [0, 0.1) is 13.8 Å². The molecule has 2 heterocycles. The van der Waals surface area contributed by atoms with E-state index in [-0.39, 0.29) is 5.91 Å². The van der Waals surface area contributed by atoms with Crippen molar-refractivity contribution in [1.82, 2.24) is 0 Å². The van der Waals surface area contributed by atoms with Gasteiger partial charge in [-0.15, -0.1) is 0 Å². The molecule has 35 heavy (non-hydrogen) atoms. The Morgan fingerprint density at radius 1 is 0.886 bits per heavy atom. The molecule has 0 radical (unpaired) electrons. The quantitative estimate of drug-likeness (QED) is 0.254. The van der Waals surface area contributed by atoms with Crippen LogP contribution in [-0.4, -0.2) is 11.1 Å². The maximum Gasteiger partial charge on any atom is 0.271 e. The maximum atomic E-state index is 13.5. The van der Waals surface area contributed by atoms with E-state index in [1.165, 1.54) is 11.8 Å². The highest BCUT2D eigenvalue weighted by Gasteiger charge is 2.35. The molecule has 4 nitrogen and oxygen atoms in total. The number of halogens is 2. The molecule has 1 fully saturated rings. The molecular weight excluding hydrogens is 499 g/mol. The molecule has 1 aliphatic rings. The lowest BCUT2D eigenvalue weighted by Crippen LogP contribution is -2.28. The van der Waals surface area contributed by atoms with Crippen LogP contribution in [-0.2, 0) is 4.79 Å². The van der Waals surface area contributed by atoms with Gasteiger partial charge in [0.05, 0.1) is 26.3 Å². The standard InChI is InChI=1S/C28H20Cl2N2O2S/c1-17-6-10-19(11-7-17)31-28-32(20-12-8-18(2)9-13-20)27(33)25(35-28)16-21-14-15-24(34-21)22-4-3-5-23(29)26(22)30/h3-16H,1-2H3/b25-16+,31-28?. The third-order valence-corrected chi connectivity index (χ3v) is 7.26. The van der Waals surface area contributed by atoms with Crippen LogP contribution in [0.2, 0.25) is 10.0 Å². The monoisotopic (exact) mass is 518 g/mol. The molecule has 1 amide bonds. The number of carbonyl (C=O) groups excluding carboxylic acids is 1. The Morgan fingerprint density at radius 2 is 1.57 bits per heavy atom. The molecule has 0 atom stereocenters. The molecule has 0 unspecified atom stereocenters. The number of hydrogen-bond donors (Lipinski definition) is 0. The van der Waals surface area contributed by atoms with Gasteiger partial charge in [0.15, 0.2) is 5.17 Å². The highest BCUT2D eigenvalue weighted by Crippen LogP contribution is 2.39. The van der Waals surface area contributed by atoms with Crippen LogP contribution in [0.15, 0.2) is 93.2 Å². The van der Waals surface area contributed by atoms with Gasteiger partial charge in [-0.1, -0.05) is 64.7 Å². The Morgan fingerprint density at radius 3 is 2.29 bits per heavy atom. The second-order valence-electron chi connectivity index (χ2n) is 8.12. The van der Waals surface area contributed by atoms with Gasteiger partial charge in [0, 0.05) is 11.6 Å². The molecule has 0 N–H and O–H groups in total. The first kappa shape index (κ1) is 23.5. The van der Waals surface area contributed by atoms with Crippen molar-refractivity contribution in [1.29, 1.82) is 0 Å². The lowest BCUT2D eigenvalue weighted by Gasteiger charge is -2.16. The zero-order valence-electron chi connectivity index (χ0n) is 19.0. The highest BCUT2D eigenvalue weighted by molar-refractivity contribution is 8.19. The zero-order valence-corrected chi connectivity index (χ0v) is 21.3. The summed E-state index contributed by atoms with van der Waals surface area (Å²) in [5.41, 5.74) is 4.49. The van der Waals surface area contributed by atoms with E-state index >= 15 is 0 Å². The van der Waals surface area contributed by atoms with Gasteiger partial charge in [0.1, 0.15) is 11.5 Å². The fourth-order valence-corrected chi connectivity index (χ4v) is 4.97. The summed E-state index contributed by atoms with van der Waals surface area (Å²) < 4.78 is 6.00. The van der Waals surface area contributed by atoms with Gasteiger partial charge in [-0.25, -0.2) is 4.99 Å². The topological polar surface area (TPSA) is 45.8 Å². The molecule has 3 aromatic carbocycles. The number of furan rings is 1. The Hall–Kier alpha value is -3.25. The van der Waals surface area contributed by atoms with Gasteiger partial charge >= 0.3 is 0 Å². The number of aryl methyl sites for hydroxylation is 2. The predicted octanol–water partition coefficient (Wildman–Crippen LogP) is 8.68. The van der Waals surface area contributed by atoms with Crippen LogP contribution in [0.3, 0.4) is 0 Å². The maximum absolute atomic E-state index is 13.5. The number of rotatable bonds is 4. The van der Waals surface area contributed by atoms with Crippen molar-refractivity contribution in [3.8, 4) is 11.3 Å². The molecule has 4 aromatic rings. The molecule has 0 bridgehead atoms. The zero-order chi connectivity index (χ0) is 24.5. The molecule has 1 aromatic heterocycles. The smallest absolute Gasteiger partial charge is 0.271 e. The van der Waals surface area contributed by atoms with E-state index in [0.717, 1.165) is 22.5 Å². The van der Waals surface area contributed by atoms with Crippen LogP contribution >= 0.6 is 35.0 Å². The minimum absolute atomic E-state index is 0.163. The molecule has 5 rings (SSSR count). The van der Waals surface area contributed by atoms with E-state index in [1.54, 1.807) is 23.1 Å². The van der Waals surface area contributed by atoms with Crippen LogP contribution in [0.4, 0.5) is 11.4 Å². The second-order valence-corrected chi connectivity index (χ2v) is 9.91. The summed E-state index contributed by atoms with van der Waals surface area (Å²) in [6.45, 7) is 4.04. The van der Waals surface area contributed by atoms with Crippen molar-refractivity contribution >= 4 is 63.5 Å². The number of aliphatic imine (C=N–C) groups is 1. The Bertz CT molecular complexity index is 1470.